The number of rotatable bonds is 4. The fourth-order valence-corrected chi connectivity index (χ4v) is 4.33. The smallest absolute Gasteiger partial charge is 0.123 e. The van der Waals surface area contributed by atoms with Crippen LogP contribution in [0.3, 0.4) is 0 Å². The summed E-state index contributed by atoms with van der Waals surface area (Å²) < 4.78 is 5.85. The third kappa shape index (κ3) is 3.06. The number of aromatic nitrogens is 1. The molecule has 0 bridgehead atoms. The van der Waals surface area contributed by atoms with E-state index >= 15 is 0 Å². The van der Waals surface area contributed by atoms with Gasteiger partial charge in [0.25, 0.3) is 0 Å². The van der Waals surface area contributed by atoms with E-state index in [2.05, 4.69) is 29.6 Å². The number of thiazole rings is 1. The Bertz CT molecular complexity index is 550. The molecule has 1 fully saturated rings. The number of hydrogen-bond acceptors (Lipinski definition) is 5. The first-order chi connectivity index (χ1) is 9.88. The molecule has 2 heterocycles. The Kier molecular flexibility index (Phi) is 4.73. The van der Waals surface area contributed by atoms with E-state index in [0.717, 1.165) is 35.4 Å². The summed E-state index contributed by atoms with van der Waals surface area (Å²) in [5, 5.41) is 4.32. The quantitative estimate of drug-likeness (QED) is 0.939. The lowest BCUT2D eigenvalue weighted by atomic mass is 10.1. The van der Waals surface area contributed by atoms with E-state index in [0.29, 0.717) is 0 Å². The zero-order valence-corrected chi connectivity index (χ0v) is 13.1. The van der Waals surface area contributed by atoms with E-state index in [9.17, 15) is 0 Å². The van der Waals surface area contributed by atoms with E-state index in [1.165, 1.54) is 10.4 Å². The highest BCUT2D eigenvalue weighted by atomic mass is 32.2. The van der Waals surface area contributed by atoms with Crippen LogP contribution in [-0.2, 0) is 11.3 Å². The SMILES string of the molecule is CNCc1nc(C2CSCCO2)sc1-c1ccccc1. The lowest BCUT2D eigenvalue weighted by molar-refractivity contribution is 0.0754. The van der Waals surface area contributed by atoms with Crippen LogP contribution < -0.4 is 5.32 Å². The normalized spacial score (nSPS) is 19.1. The number of nitrogens with one attached hydrogen (secondary N) is 1. The molecule has 1 aromatic carbocycles. The third-order valence-electron chi connectivity index (χ3n) is 3.19. The maximum Gasteiger partial charge on any atom is 0.123 e. The highest BCUT2D eigenvalue weighted by Crippen LogP contribution is 2.36. The van der Waals surface area contributed by atoms with Gasteiger partial charge in [0.05, 0.1) is 17.2 Å². The maximum absolute atomic E-state index is 5.85. The van der Waals surface area contributed by atoms with Gasteiger partial charge in [-0.05, 0) is 12.6 Å². The second-order valence-corrected chi connectivity index (χ2v) is 6.84. The van der Waals surface area contributed by atoms with Crippen molar-refractivity contribution in [3.05, 3.63) is 41.0 Å². The van der Waals surface area contributed by atoms with Crippen molar-refractivity contribution in [2.45, 2.75) is 12.6 Å². The van der Waals surface area contributed by atoms with Crippen LogP contribution in [0.25, 0.3) is 10.4 Å². The van der Waals surface area contributed by atoms with Crippen LogP contribution in [0, 0.1) is 0 Å². The number of benzene rings is 1. The molecule has 0 spiro atoms. The first-order valence-electron chi connectivity index (χ1n) is 6.77. The molecule has 1 atom stereocenters. The lowest BCUT2D eigenvalue weighted by Gasteiger charge is -2.19. The molecule has 0 aliphatic carbocycles. The van der Waals surface area contributed by atoms with E-state index in [1.807, 2.05) is 24.9 Å². The Labute approximate surface area is 127 Å². The van der Waals surface area contributed by atoms with Crippen molar-refractivity contribution in [1.29, 1.82) is 0 Å². The monoisotopic (exact) mass is 306 g/mol. The van der Waals surface area contributed by atoms with Gasteiger partial charge in [0.1, 0.15) is 11.1 Å². The van der Waals surface area contributed by atoms with Crippen molar-refractivity contribution in [1.82, 2.24) is 10.3 Å². The summed E-state index contributed by atoms with van der Waals surface area (Å²) in [6.07, 6.45) is 0.159. The molecule has 1 aromatic heterocycles. The summed E-state index contributed by atoms with van der Waals surface area (Å²) >= 11 is 3.72. The lowest BCUT2D eigenvalue weighted by Crippen LogP contribution is -2.15. The predicted molar refractivity (Wildman–Crippen MR) is 86.3 cm³/mol. The van der Waals surface area contributed by atoms with Gasteiger partial charge in [0.2, 0.25) is 0 Å². The van der Waals surface area contributed by atoms with Crippen LogP contribution in [0.2, 0.25) is 0 Å². The minimum atomic E-state index is 0.159. The van der Waals surface area contributed by atoms with Crippen LogP contribution >= 0.6 is 23.1 Å². The van der Waals surface area contributed by atoms with Gasteiger partial charge in [-0.25, -0.2) is 4.98 Å². The number of nitrogens with zero attached hydrogens (tertiary/aromatic N) is 1. The van der Waals surface area contributed by atoms with Gasteiger partial charge in [-0.15, -0.1) is 11.3 Å². The number of ether oxygens (including phenoxy) is 1. The molecule has 5 heteroatoms. The molecule has 106 valence electrons. The molecule has 3 rings (SSSR count). The van der Waals surface area contributed by atoms with E-state index in [4.69, 9.17) is 9.72 Å². The minimum Gasteiger partial charge on any atom is -0.369 e. The highest BCUT2D eigenvalue weighted by molar-refractivity contribution is 7.99. The second kappa shape index (κ2) is 6.72. The largest absolute Gasteiger partial charge is 0.369 e. The fraction of sp³-hybridized carbons (Fsp3) is 0.400. The molecule has 2 aromatic rings. The van der Waals surface area contributed by atoms with Gasteiger partial charge in [-0.1, -0.05) is 30.3 Å². The molecule has 1 unspecified atom stereocenters. The van der Waals surface area contributed by atoms with Crippen LogP contribution in [0.15, 0.2) is 30.3 Å². The van der Waals surface area contributed by atoms with Crippen molar-refractivity contribution in [3.8, 4) is 10.4 Å². The van der Waals surface area contributed by atoms with Crippen molar-refractivity contribution >= 4 is 23.1 Å². The first kappa shape index (κ1) is 14.1. The summed E-state index contributed by atoms with van der Waals surface area (Å²) in [4.78, 5) is 6.08. The van der Waals surface area contributed by atoms with E-state index < -0.39 is 0 Å². The van der Waals surface area contributed by atoms with Crippen molar-refractivity contribution < 1.29 is 4.74 Å². The standard InChI is InChI=1S/C15H18N2OS2/c1-16-9-12-14(11-5-3-2-4-6-11)20-15(17-12)13-10-19-8-7-18-13/h2-6,13,16H,7-10H2,1H3. The maximum atomic E-state index is 5.85. The van der Waals surface area contributed by atoms with Crippen molar-refractivity contribution in [2.24, 2.45) is 0 Å². The first-order valence-corrected chi connectivity index (χ1v) is 8.74. The van der Waals surface area contributed by atoms with Crippen molar-refractivity contribution in [2.75, 3.05) is 25.2 Å². The van der Waals surface area contributed by atoms with Gasteiger partial charge in [0, 0.05) is 18.1 Å². The van der Waals surface area contributed by atoms with Gasteiger partial charge >= 0.3 is 0 Å². The van der Waals surface area contributed by atoms with E-state index in [-0.39, 0.29) is 6.10 Å². The van der Waals surface area contributed by atoms with Crippen LogP contribution in [-0.4, -0.2) is 30.1 Å². The Morgan fingerprint density at radius 1 is 1.35 bits per heavy atom. The number of hydrogen-bond donors (Lipinski definition) is 1. The Morgan fingerprint density at radius 3 is 2.90 bits per heavy atom. The van der Waals surface area contributed by atoms with Gasteiger partial charge in [0.15, 0.2) is 0 Å². The highest BCUT2D eigenvalue weighted by Gasteiger charge is 2.22. The van der Waals surface area contributed by atoms with Crippen molar-refractivity contribution in [3.63, 3.8) is 0 Å². The van der Waals surface area contributed by atoms with E-state index in [1.54, 1.807) is 11.3 Å². The molecular formula is C15H18N2OS2. The molecule has 1 N–H and O–H groups in total. The summed E-state index contributed by atoms with van der Waals surface area (Å²) in [5.74, 6) is 2.11. The molecule has 1 saturated heterocycles. The van der Waals surface area contributed by atoms with Gasteiger partial charge in [-0.2, -0.15) is 11.8 Å². The van der Waals surface area contributed by atoms with Crippen LogP contribution in [0.5, 0.6) is 0 Å². The molecular weight excluding hydrogens is 288 g/mol. The average Bonchev–Trinajstić information content (AvgIpc) is 2.94. The Hall–Kier alpha value is -0.880. The molecule has 0 radical (unpaired) electrons. The topological polar surface area (TPSA) is 34.2 Å². The van der Waals surface area contributed by atoms with Gasteiger partial charge in [-0.3, -0.25) is 0 Å². The zero-order valence-electron chi connectivity index (χ0n) is 11.5. The number of thioether (sulfide) groups is 1. The Balaban J connectivity index is 1.93. The molecule has 1 aliphatic rings. The predicted octanol–water partition coefficient (Wildman–Crippen LogP) is 3.33. The molecule has 0 amide bonds. The molecule has 1 aliphatic heterocycles. The third-order valence-corrected chi connectivity index (χ3v) is 5.42. The Morgan fingerprint density at radius 2 is 2.20 bits per heavy atom. The summed E-state index contributed by atoms with van der Waals surface area (Å²) in [7, 11) is 1.96. The second-order valence-electron chi connectivity index (χ2n) is 4.66. The van der Waals surface area contributed by atoms with Crippen LogP contribution in [0.1, 0.15) is 16.8 Å². The minimum absolute atomic E-state index is 0.159. The molecule has 0 saturated carbocycles. The average molecular weight is 306 g/mol. The van der Waals surface area contributed by atoms with Crippen LogP contribution in [0.4, 0.5) is 0 Å². The van der Waals surface area contributed by atoms with Gasteiger partial charge < -0.3 is 10.1 Å². The molecule has 3 nitrogen and oxygen atoms in total. The zero-order chi connectivity index (χ0) is 13.8. The summed E-state index contributed by atoms with van der Waals surface area (Å²) in [6, 6.07) is 10.5. The summed E-state index contributed by atoms with van der Waals surface area (Å²) in [5.41, 5.74) is 2.36. The summed E-state index contributed by atoms with van der Waals surface area (Å²) in [6.45, 7) is 1.62. The fourth-order valence-electron chi connectivity index (χ4n) is 2.24. The molecule has 20 heavy (non-hydrogen) atoms.